The molecule has 2 saturated heterocycles. The predicted octanol–water partition coefficient (Wildman–Crippen LogP) is 2.28. The number of piperazine rings is 1. The Morgan fingerprint density at radius 1 is 1.12 bits per heavy atom. The number of anilines is 1. The third kappa shape index (κ3) is 5.47. The van der Waals surface area contributed by atoms with Gasteiger partial charge in [0.1, 0.15) is 11.8 Å². The first-order chi connectivity index (χ1) is 15.7. The number of nitro benzene ring substituents is 1. The minimum absolute atomic E-state index is 0.0220. The van der Waals surface area contributed by atoms with Crippen molar-refractivity contribution < 1.29 is 22.9 Å². The lowest BCUT2D eigenvalue weighted by Gasteiger charge is -2.36. The summed E-state index contributed by atoms with van der Waals surface area (Å²) in [6.07, 6.45) is 4.71. The highest BCUT2D eigenvalue weighted by Gasteiger charge is 2.32. The molecule has 0 radical (unpaired) electrons. The molecule has 1 atom stereocenters. The molecule has 1 N–H and O–H groups in total. The zero-order valence-electron chi connectivity index (χ0n) is 18.9. The molecule has 3 aliphatic rings. The number of nitrogens with zero attached hydrogens (tertiary/aromatic N) is 3. The number of carbonyl (C=O) groups excluding carboxylic acids is 1. The van der Waals surface area contributed by atoms with Crippen LogP contribution in [0.1, 0.15) is 45.4 Å². The average molecular weight is 481 g/mol. The van der Waals surface area contributed by atoms with Crippen molar-refractivity contribution in [3.8, 4) is 0 Å². The minimum Gasteiger partial charge on any atom is -0.368 e. The molecular formula is C22H32N4O6S. The monoisotopic (exact) mass is 480 g/mol. The van der Waals surface area contributed by atoms with E-state index in [9.17, 15) is 23.3 Å². The van der Waals surface area contributed by atoms with E-state index in [0.717, 1.165) is 44.6 Å². The smallest absolute Gasteiger partial charge is 0.293 e. The SMILES string of the molecule is CC1CCC(NS(=O)(=O)c2ccc(N3CCN(C(=O)C4CCCO4)CC3)c([N+](=O)[O-])c2)CC1. The molecule has 1 unspecified atom stereocenters. The molecule has 0 aromatic heterocycles. The number of amides is 1. The van der Waals surface area contributed by atoms with Gasteiger partial charge in [-0.25, -0.2) is 13.1 Å². The summed E-state index contributed by atoms with van der Waals surface area (Å²) in [5.41, 5.74) is 0.128. The lowest BCUT2D eigenvalue weighted by Crippen LogP contribution is -2.51. The van der Waals surface area contributed by atoms with Crippen molar-refractivity contribution >= 4 is 27.3 Å². The Labute approximate surface area is 194 Å². The minimum atomic E-state index is -3.85. The summed E-state index contributed by atoms with van der Waals surface area (Å²) in [5.74, 6) is 0.568. The van der Waals surface area contributed by atoms with Crippen LogP contribution in [0.2, 0.25) is 0 Å². The summed E-state index contributed by atoms with van der Waals surface area (Å²) in [4.78, 5) is 27.3. The van der Waals surface area contributed by atoms with E-state index in [2.05, 4.69) is 11.6 Å². The first-order valence-electron chi connectivity index (χ1n) is 11.7. The van der Waals surface area contributed by atoms with Crippen LogP contribution in [0.25, 0.3) is 0 Å². The number of sulfonamides is 1. The lowest BCUT2D eigenvalue weighted by atomic mass is 9.88. The Bertz CT molecular complexity index is 979. The first kappa shape index (κ1) is 23.9. The fourth-order valence-electron chi connectivity index (χ4n) is 4.89. The van der Waals surface area contributed by atoms with Gasteiger partial charge in [0.2, 0.25) is 10.0 Å². The molecule has 1 saturated carbocycles. The number of nitrogens with one attached hydrogen (secondary N) is 1. The second-order valence-corrected chi connectivity index (χ2v) is 11.0. The third-order valence-electron chi connectivity index (χ3n) is 6.93. The number of nitro groups is 1. The van der Waals surface area contributed by atoms with Crippen molar-refractivity contribution in [3.63, 3.8) is 0 Å². The number of rotatable bonds is 6. The van der Waals surface area contributed by atoms with E-state index < -0.39 is 14.9 Å². The van der Waals surface area contributed by atoms with Crippen LogP contribution in [-0.2, 0) is 19.6 Å². The van der Waals surface area contributed by atoms with E-state index >= 15 is 0 Å². The molecule has 0 bridgehead atoms. The summed E-state index contributed by atoms with van der Waals surface area (Å²) in [5, 5.41) is 11.8. The van der Waals surface area contributed by atoms with E-state index in [-0.39, 0.29) is 28.6 Å². The van der Waals surface area contributed by atoms with Gasteiger partial charge in [-0.15, -0.1) is 0 Å². The highest BCUT2D eigenvalue weighted by Crippen LogP contribution is 2.32. The van der Waals surface area contributed by atoms with Gasteiger partial charge in [0.15, 0.2) is 0 Å². The van der Waals surface area contributed by atoms with Gasteiger partial charge in [-0.3, -0.25) is 14.9 Å². The quantitative estimate of drug-likeness (QED) is 0.490. The van der Waals surface area contributed by atoms with Crippen molar-refractivity contribution in [2.45, 2.75) is 62.5 Å². The van der Waals surface area contributed by atoms with Crippen molar-refractivity contribution in [1.29, 1.82) is 0 Å². The standard InChI is InChI=1S/C22H32N4O6S/c1-16-4-6-17(7-5-16)23-33(30,31)18-8-9-19(20(15-18)26(28)29)24-10-12-25(13-11-24)22(27)21-3-2-14-32-21/h8-9,15-17,21,23H,2-7,10-14H2,1H3. The Balaban J connectivity index is 1.45. The fraction of sp³-hybridized carbons (Fsp3) is 0.682. The third-order valence-corrected chi connectivity index (χ3v) is 8.45. The van der Waals surface area contributed by atoms with Crippen molar-refractivity contribution in [2.24, 2.45) is 5.92 Å². The van der Waals surface area contributed by atoms with Gasteiger partial charge < -0.3 is 14.5 Å². The first-order valence-corrected chi connectivity index (χ1v) is 13.2. The molecule has 33 heavy (non-hydrogen) atoms. The van der Waals surface area contributed by atoms with Gasteiger partial charge in [0.05, 0.1) is 9.82 Å². The van der Waals surface area contributed by atoms with Gasteiger partial charge in [-0.2, -0.15) is 0 Å². The van der Waals surface area contributed by atoms with Crippen LogP contribution in [0.4, 0.5) is 11.4 Å². The largest absolute Gasteiger partial charge is 0.368 e. The van der Waals surface area contributed by atoms with Gasteiger partial charge in [0, 0.05) is 44.9 Å². The number of hydrogen-bond donors (Lipinski definition) is 1. The summed E-state index contributed by atoms with van der Waals surface area (Å²) >= 11 is 0. The van der Waals surface area contributed by atoms with E-state index in [4.69, 9.17) is 4.74 Å². The summed E-state index contributed by atoms with van der Waals surface area (Å²) in [6, 6.07) is 3.94. The van der Waals surface area contributed by atoms with E-state index in [1.54, 1.807) is 4.90 Å². The Morgan fingerprint density at radius 2 is 1.82 bits per heavy atom. The number of benzene rings is 1. The maximum Gasteiger partial charge on any atom is 0.293 e. The zero-order valence-corrected chi connectivity index (χ0v) is 19.8. The van der Waals surface area contributed by atoms with E-state index in [1.165, 1.54) is 12.1 Å². The lowest BCUT2D eigenvalue weighted by molar-refractivity contribution is -0.384. The number of hydrogen-bond acceptors (Lipinski definition) is 7. The van der Waals surface area contributed by atoms with Gasteiger partial charge in [0.25, 0.3) is 11.6 Å². The molecule has 4 rings (SSSR count). The fourth-order valence-corrected chi connectivity index (χ4v) is 6.22. The van der Waals surface area contributed by atoms with Crippen LogP contribution in [0.15, 0.2) is 23.1 Å². The Morgan fingerprint density at radius 3 is 2.42 bits per heavy atom. The van der Waals surface area contributed by atoms with Gasteiger partial charge in [-0.05, 0) is 56.6 Å². The highest BCUT2D eigenvalue weighted by atomic mass is 32.2. The summed E-state index contributed by atoms with van der Waals surface area (Å²) in [7, 11) is -3.85. The highest BCUT2D eigenvalue weighted by molar-refractivity contribution is 7.89. The van der Waals surface area contributed by atoms with Crippen LogP contribution in [0.5, 0.6) is 0 Å². The molecule has 182 valence electrons. The zero-order chi connectivity index (χ0) is 23.6. The van der Waals surface area contributed by atoms with Crippen LogP contribution >= 0.6 is 0 Å². The van der Waals surface area contributed by atoms with Gasteiger partial charge >= 0.3 is 0 Å². The van der Waals surface area contributed by atoms with E-state index in [1.807, 2.05) is 4.90 Å². The second-order valence-electron chi connectivity index (χ2n) is 9.30. The molecule has 1 aromatic carbocycles. The van der Waals surface area contributed by atoms with Crippen LogP contribution < -0.4 is 9.62 Å². The topological polar surface area (TPSA) is 122 Å². The maximum atomic E-state index is 12.9. The number of ether oxygens (including phenoxy) is 1. The maximum absolute atomic E-state index is 12.9. The molecule has 1 aliphatic carbocycles. The van der Waals surface area contributed by atoms with Gasteiger partial charge in [-0.1, -0.05) is 6.92 Å². The average Bonchev–Trinajstić information content (AvgIpc) is 3.35. The summed E-state index contributed by atoms with van der Waals surface area (Å²) in [6.45, 7) is 4.51. The molecular weight excluding hydrogens is 448 g/mol. The molecule has 2 heterocycles. The Kier molecular flexibility index (Phi) is 7.20. The molecule has 10 nitrogen and oxygen atoms in total. The molecule has 2 aliphatic heterocycles. The Hall–Kier alpha value is -2.24. The van der Waals surface area contributed by atoms with Crippen LogP contribution in [-0.4, -0.2) is 69.1 Å². The van der Waals surface area contributed by atoms with Crippen LogP contribution in [0.3, 0.4) is 0 Å². The van der Waals surface area contributed by atoms with E-state index in [0.29, 0.717) is 44.4 Å². The molecule has 11 heteroatoms. The van der Waals surface area contributed by atoms with Crippen molar-refractivity contribution in [3.05, 3.63) is 28.3 Å². The normalized spacial score (nSPS) is 26.4. The molecule has 0 spiro atoms. The summed E-state index contributed by atoms with van der Waals surface area (Å²) < 4.78 is 34.0. The predicted molar refractivity (Wildman–Crippen MR) is 123 cm³/mol. The van der Waals surface area contributed by atoms with Crippen molar-refractivity contribution in [2.75, 3.05) is 37.7 Å². The number of carbonyl (C=O) groups is 1. The van der Waals surface area contributed by atoms with Crippen molar-refractivity contribution in [1.82, 2.24) is 9.62 Å². The molecule has 1 amide bonds. The van der Waals surface area contributed by atoms with Crippen LogP contribution in [0, 0.1) is 16.0 Å². The second kappa shape index (κ2) is 9.94. The molecule has 1 aromatic rings. The molecule has 3 fully saturated rings.